The molecule has 0 aromatic carbocycles. The van der Waals surface area contributed by atoms with Crippen molar-refractivity contribution in [2.75, 3.05) is 12.0 Å². The molecule has 0 radical (unpaired) electrons. The Kier molecular flexibility index (Phi) is 1.39. The van der Waals surface area contributed by atoms with Crippen molar-refractivity contribution < 1.29 is 4.74 Å². The molecule has 0 unspecified atom stereocenters. The zero-order valence-electron chi connectivity index (χ0n) is 5.81. The van der Waals surface area contributed by atoms with Gasteiger partial charge in [0.25, 0.3) is 0 Å². The van der Waals surface area contributed by atoms with Crippen LogP contribution in [-0.2, 0) is 11.3 Å². The Balaban J connectivity index is 2.45. The first-order valence-corrected chi connectivity index (χ1v) is 4.14. The Morgan fingerprint density at radius 2 is 2.60 bits per heavy atom. The van der Waals surface area contributed by atoms with Gasteiger partial charge in [-0.05, 0) is 17.9 Å². The molecule has 3 heteroatoms. The Labute approximate surface area is 63.8 Å². The number of rotatable bonds is 0. The summed E-state index contributed by atoms with van der Waals surface area (Å²) in [5, 5.41) is 6.62. The molecule has 1 aromatic heterocycles. The lowest BCUT2D eigenvalue weighted by Gasteiger charge is -2.14. The summed E-state index contributed by atoms with van der Waals surface area (Å²) in [6, 6.07) is 0. The second kappa shape index (κ2) is 2.25. The molecular weight excluding hydrogens is 146 g/mol. The van der Waals surface area contributed by atoms with Gasteiger partial charge >= 0.3 is 0 Å². The smallest absolute Gasteiger partial charge is 0.117 e. The van der Waals surface area contributed by atoms with Crippen molar-refractivity contribution in [3.63, 3.8) is 0 Å². The van der Waals surface area contributed by atoms with Crippen molar-refractivity contribution in [2.24, 2.45) is 0 Å². The van der Waals surface area contributed by atoms with Crippen LogP contribution >= 0.6 is 11.3 Å². The molecule has 0 spiro atoms. The standard InChI is InChI=1S/C7H9NOS/c1-5-3-10-7-6(5)2-9-4-8-7/h3,8H,2,4H2,1H3. The number of nitrogens with one attached hydrogen (secondary N) is 1. The first kappa shape index (κ1) is 6.19. The summed E-state index contributed by atoms with van der Waals surface area (Å²) < 4.78 is 5.23. The van der Waals surface area contributed by atoms with E-state index >= 15 is 0 Å². The van der Waals surface area contributed by atoms with E-state index in [1.54, 1.807) is 11.3 Å². The highest BCUT2D eigenvalue weighted by Crippen LogP contribution is 2.30. The van der Waals surface area contributed by atoms with E-state index in [-0.39, 0.29) is 0 Å². The number of fused-ring (bicyclic) bond motifs is 1. The van der Waals surface area contributed by atoms with Crippen LogP contribution in [0.2, 0.25) is 0 Å². The maximum absolute atomic E-state index is 5.23. The first-order valence-electron chi connectivity index (χ1n) is 3.26. The molecule has 2 rings (SSSR count). The monoisotopic (exact) mass is 155 g/mol. The minimum Gasteiger partial charge on any atom is -0.357 e. The van der Waals surface area contributed by atoms with E-state index in [1.807, 2.05) is 0 Å². The topological polar surface area (TPSA) is 21.3 Å². The van der Waals surface area contributed by atoms with E-state index in [9.17, 15) is 0 Å². The van der Waals surface area contributed by atoms with Crippen LogP contribution < -0.4 is 5.32 Å². The fourth-order valence-corrected chi connectivity index (χ4v) is 2.01. The van der Waals surface area contributed by atoms with Crippen molar-refractivity contribution in [2.45, 2.75) is 13.5 Å². The molecule has 0 saturated carbocycles. The summed E-state index contributed by atoms with van der Waals surface area (Å²) in [4.78, 5) is 0. The normalized spacial score (nSPS) is 16.1. The van der Waals surface area contributed by atoms with Crippen LogP contribution in [0.25, 0.3) is 0 Å². The fourth-order valence-electron chi connectivity index (χ4n) is 1.07. The minimum absolute atomic E-state index is 0.660. The van der Waals surface area contributed by atoms with Crippen molar-refractivity contribution in [3.05, 3.63) is 16.5 Å². The van der Waals surface area contributed by atoms with E-state index in [1.165, 1.54) is 16.1 Å². The quantitative estimate of drug-likeness (QED) is 0.618. The molecule has 0 aliphatic carbocycles. The van der Waals surface area contributed by atoms with Crippen LogP contribution in [0.3, 0.4) is 0 Å². The number of thiophene rings is 1. The van der Waals surface area contributed by atoms with E-state index in [0.717, 1.165) is 6.61 Å². The molecule has 2 heterocycles. The highest BCUT2D eigenvalue weighted by atomic mass is 32.1. The van der Waals surface area contributed by atoms with E-state index in [0.29, 0.717) is 6.73 Å². The molecule has 0 amide bonds. The van der Waals surface area contributed by atoms with Gasteiger partial charge in [0, 0.05) is 5.56 Å². The van der Waals surface area contributed by atoms with Crippen LogP contribution in [-0.4, -0.2) is 6.73 Å². The van der Waals surface area contributed by atoms with Gasteiger partial charge in [-0.1, -0.05) is 0 Å². The Bertz CT molecular complexity index is 244. The zero-order chi connectivity index (χ0) is 6.97. The second-order valence-electron chi connectivity index (χ2n) is 2.40. The van der Waals surface area contributed by atoms with Gasteiger partial charge in [0.15, 0.2) is 0 Å². The maximum atomic E-state index is 5.23. The van der Waals surface area contributed by atoms with Crippen LogP contribution in [0.4, 0.5) is 5.00 Å². The molecule has 1 N–H and O–H groups in total. The largest absolute Gasteiger partial charge is 0.357 e. The average Bonchev–Trinajstić information content (AvgIpc) is 2.34. The molecule has 2 nitrogen and oxygen atoms in total. The molecule has 1 aliphatic rings. The summed E-state index contributed by atoms with van der Waals surface area (Å²) in [5.41, 5.74) is 2.67. The summed E-state index contributed by atoms with van der Waals surface area (Å²) in [6.07, 6.45) is 0. The van der Waals surface area contributed by atoms with Crippen molar-refractivity contribution in [3.8, 4) is 0 Å². The third kappa shape index (κ3) is 0.822. The molecule has 0 fully saturated rings. The Morgan fingerprint density at radius 1 is 1.70 bits per heavy atom. The van der Waals surface area contributed by atoms with Gasteiger partial charge in [0.1, 0.15) is 6.73 Å². The van der Waals surface area contributed by atoms with Crippen molar-refractivity contribution in [1.82, 2.24) is 0 Å². The van der Waals surface area contributed by atoms with Gasteiger partial charge in [-0.3, -0.25) is 0 Å². The summed E-state index contributed by atoms with van der Waals surface area (Å²) in [6.45, 7) is 3.55. The van der Waals surface area contributed by atoms with Gasteiger partial charge < -0.3 is 10.1 Å². The van der Waals surface area contributed by atoms with Crippen molar-refractivity contribution >= 4 is 16.3 Å². The summed E-state index contributed by atoms with van der Waals surface area (Å²) in [5.74, 6) is 0. The van der Waals surface area contributed by atoms with Gasteiger partial charge in [-0.25, -0.2) is 0 Å². The lowest BCUT2D eigenvalue weighted by Crippen LogP contribution is -2.12. The lowest BCUT2D eigenvalue weighted by molar-refractivity contribution is 0.131. The highest BCUT2D eigenvalue weighted by molar-refractivity contribution is 7.14. The first-order chi connectivity index (χ1) is 4.88. The number of hydrogen-bond donors (Lipinski definition) is 1. The highest BCUT2D eigenvalue weighted by Gasteiger charge is 2.11. The van der Waals surface area contributed by atoms with Gasteiger partial charge in [0.2, 0.25) is 0 Å². The number of hydrogen-bond acceptors (Lipinski definition) is 3. The van der Waals surface area contributed by atoms with E-state index in [2.05, 4.69) is 17.6 Å². The number of ether oxygens (including phenoxy) is 1. The molecular formula is C7H9NOS. The zero-order valence-corrected chi connectivity index (χ0v) is 6.62. The third-order valence-corrected chi connectivity index (χ3v) is 2.78. The average molecular weight is 155 g/mol. The van der Waals surface area contributed by atoms with Crippen molar-refractivity contribution in [1.29, 1.82) is 0 Å². The van der Waals surface area contributed by atoms with E-state index in [4.69, 9.17) is 4.74 Å². The molecule has 0 atom stereocenters. The molecule has 54 valence electrons. The van der Waals surface area contributed by atoms with Gasteiger partial charge in [-0.2, -0.15) is 0 Å². The van der Waals surface area contributed by atoms with Crippen LogP contribution in [0.15, 0.2) is 5.38 Å². The van der Waals surface area contributed by atoms with Crippen LogP contribution in [0.1, 0.15) is 11.1 Å². The second-order valence-corrected chi connectivity index (χ2v) is 3.28. The lowest BCUT2D eigenvalue weighted by atomic mass is 10.2. The van der Waals surface area contributed by atoms with Gasteiger partial charge in [-0.15, -0.1) is 11.3 Å². The molecule has 1 aliphatic heterocycles. The number of anilines is 1. The Hall–Kier alpha value is -0.540. The summed E-state index contributed by atoms with van der Waals surface area (Å²) in [7, 11) is 0. The van der Waals surface area contributed by atoms with Crippen LogP contribution in [0.5, 0.6) is 0 Å². The molecule has 10 heavy (non-hydrogen) atoms. The predicted octanol–water partition coefficient (Wildman–Crippen LogP) is 1.96. The fraction of sp³-hybridized carbons (Fsp3) is 0.429. The minimum atomic E-state index is 0.660. The molecule has 0 bridgehead atoms. The third-order valence-electron chi connectivity index (χ3n) is 1.68. The number of aryl methyl sites for hydroxylation is 1. The summed E-state index contributed by atoms with van der Waals surface area (Å²) >= 11 is 1.76. The van der Waals surface area contributed by atoms with Gasteiger partial charge in [0.05, 0.1) is 11.6 Å². The predicted molar refractivity (Wildman–Crippen MR) is 42.3 cm³/mol. The molecule has 0 saturated heterocycles. The Morgan fingerprint density at radius 3 is 3.40 bits per heavy atom. The molecule has 1 aromatic rings. The SMILES string of the molecule is Cc1csc2c1COCN2. The van der Waals surface area contributed by atoms with Crippen LogP contribution in [0, 0.1) is 6.92 Å². The maximum Gasteiger partial charge on any atom is 0.117 e. The van der Waals surface area contributed by atoms with E-state index < -0.39 is 0 Å².